The number of carbonyl (C=O) groups excluding carboxylic acids is 1. The van der Waals surface area contributed by atoms with Crippen LogP contribution in [0, 0.1) is 5.82 Å². The highest BCUT2D eigenvalue weighted by Crippen LogP contribution is 2.28. The van der Waals surface area contributed by atoms with Crippen molar-refractivity contribution in [1.29, 1.82) is 0 Å². The van der Waals surface area contributed by atoms with Gasteiger partial charge in [0.2, 0.25) is 0 Å². The van der Waals surface area contributed by atoms with Gasteiger partial charge in [-0.1, -0.05) is 17.8 Å². The first kappa shape index (κ1) is 9.92. The molecule has 1 aromatic carbocycles. The van der Waals surface area contributed by atoms with E-state index in [2.05, 4.69) is 9.97 Å². The molecule has 1 aromatic heterocycles. The van der Waals surface area contributed by atoms with Gasteiger partial charge in [0.05, 0.1) is 5.56 Å². The number of nitrogens with zero attached hydrogens (tertiary/aromatic N) is 1. The lowest BCUT2D eigenvalue weighted by Gasteiger charge is -2.02. The largest absolute Gasteiger partial charge is 0.339 e. The summed E-state index contributed by atoms with van der Waals surface area (Å²) in [4.78, 5) is 18.1. The minimum atomic E-state index is -0.512. The normalized spacial score (nSPS) is 10.2. The van der Waals surface area contributed by atoms with Crippen LogP contribution in [0.3, 0.4) is 0 Å². The third kappa shape index (κ3) is 2.07. The van der Waals surface area contributed by atoms with Gasteiger partial charge in [0.25, 0.3) is 0 Å². The van der Waals surface area contributed by atoms with Gasteiger partial charge in [-0.15, -0.1) is 0 Å². The summed E-state index contributed by atoms with van der Waals surface area (Å²) in [5.41, 5.74) is 0.0684. The molecule has 0 bridgehead atoms. The number of rotatable bonds is 3. The van der Waals surface area contributed by atoms with Gasteiger partial charge in [0, 0.05) is 17.3 Å². The molecule has 0 aliphatic carbocycles. The van der Waals surface area contributed by atoms with Gasteiger partial charge in [0.1, 0.15) is 5.82 Å². The molecule has 2 rings (SSSR count). The Morgan fingerprint density at radius 2 is 2.33 bits per heavy atom. The molecular formula is C10H7FN2OS. The summed E-state index contributed by atoms with van der Waals surface area (Å²) in [6, 6.07) is 4.50. The third-order valence-corrected chi connectivity index (χ3v) is 2.80. The quantitative estimate of drug-likeness (QED) is 0.811. The molecule has 0 saturated heterocycles. The molecule has 0 saturated carbocycles. The van der Waals surface area contributed by atoms with Crippen LogP contribution in [0.4, 0.5) is 4.39 Å². The predicted octanol–water partition coefficient (Wildman–Crippen LogP) is 2.51. The first-order valence-electron chi connectivity index (χ1n) is 4.22. The number of hydrogen-bond acceptors (Lipinski definition) is 3. The van der Waals surface area contributed by atoms with Gasteiger partial charge < -0.3 is 4.98 Å². The van der Waals surface area contributed by atoms with Crippen molar-refractivity contribution in [2.24, 2.45) is 0 Å². The lowest BCUT2D eigenvalue weighted by Crippen LogP contribution is -1.90. The van der Waals surface area contributed by atoms with Gasteiger partial charge in [-0.05, 0) is 12.1 Å². The Hall–Kier alpha value is -1.62. The molecule has 1 N–H and O–H groups in total. The van der Waals surface area contributed by atoms with Gasteiger partial charge in [-0.2, -0.15) is 0 Å². The molecule has 0 aliphatic rings. The maximum Gasteiger partial charge on any atom is 0.170 e. The average Bonchev–Trinajstić information content (AvgIpc) is 2.71. The van der Waals surface area contributed by atoms with E-state index in [4.69, 9.17) is 0 Å². The summed E-state index contributed by atoms with van der Waals surface area (Å²) >= 11 is 1.22. The van der Waals surface area contributed by atoms with Crippen LogP contribution in [0.5, 0.6) is 0 Å². The molecule has 3 nitrogen and oxygen atoms in total. The molecule has 0 atom stereocenters. The van der Waals surface area contributed by atoms with Crippen molar-refractivity contribution < 1.29 is 9.18 Å². The molecule has 1 heterocycles. The summed E-state index contributed by atoms with van der Waals surface area (Å²) in [6.07, 6.45) is 3.78. The van der Waals surface area contributed by atoms with Crippen molar-refractivity contribution >= 4 is 18.0 Å². The number of carbonyl (C=O) groups is 1. The van der Waals surface area contributed by atoms with Crippen molar-refractivity contribution in [1.82, 2.24) is 9.97 Å². The fourth-order valence-corrected chi connectivity index (χ4v) is 1.98. The van der Waals surface area contributed by atoms with Crippen LogP contribution in [0.25, 0.3) is 0 Å². The zero-order valence-electron chi connectivity index (χ0n) is 7.61. The smallest absolute Gasteiger partial charge is 0.170 e. The molecule has 15 heavy (non-hydrogen) atoms. The number of H-pyrrole nitrogens is 1. The first-order chi connectivity index (χ1) is 7.31. The number of aromatic amines is 1. The Kier molecular flexibility index (Phi) is 2.82. The van der Waals surface area contributed by atoms with E-state index in [1.165, 1.54) is 17.8 Å². The van der Waals surface area contributed by atoms with E-state index >= 15 is 0 Å². The van der Waals surface area contributed by atoms with E-state index in [0.717, 1.165) is 0 Å². The zero-order chi connectivity index (χ0) is 10.7. The van der Waals surface area contributed by atoms with Crippen LogP contribution in [-0.4, -0.2) is 16.3 Å². The molecule has 0 unspecified atom stereocenters. The maximum atomic E-state index is 13.2. The second-order valence-corrected chi connectivity index (χ2v) is 3.80. The Balaban J connectivity index is 2.36. The molecular weight excluding hydrogens is 215 g/mol. The van der Waals surface area contributed by atoms with Crippen molar-refractivity contribution in [3.63, 3.8) is 0 Å². The molecule has 2 aromatic rings. The van der Waals surface area contributed by atoms with E-state index in [9.17, 15) is 9.18 Å². The highest BCUT2D eigenvalue weighted by molar-refractivity contribution is 7.99. The van der Waals surface area contributed by atoms with Crippen LogP contribution >= 0.6 is 11.8 Å². The van der Waals surface area contributed by atoms with E-state index in [-0.39, 0.29) is 5.56 Å². The monoisotopic (exact) mass is 222 g/mol. The van der Waals surface area contributed by atoms with Gasteiger partial charge in [0.15, 0.2) is 11.4 Å². The number of imidazole rings is 1. The van der Waals surface area contributed by atoms with Gasteiger partial charge >= 0.3 is 0 Å². The Bertz CT molecular complexity index is 470. The van der Waals surface area contributed by atoms with Crippen LogP contribution < -0.4 is 0 Å². The number of hydrogen-bond donors (Lipinski definition) is 1. The van der Waals surface area contributed by atoms with Crippen molar-refractivity contribution in [3.05, 3.63) is 42.0 Å². The molecule has 0 amide bonds. The maximum absolute atomic E-state index is 13.2. The topological polar surface area (TPSA) is 45.8 Å². The van der Waals surface area contributed by atoms with Crippen LogP contribution in [0.2, 0.25) is 0 Å². The van der Waals surface area contributed by atoms with E-state index in [1.54, 1.807) is 24.5 Å². The summed E-state index contributed by atoms with van der Waals surface area (Å²) in [5, 5.41) is 0.628. The fourth-order valence-electron chi connectivity index (χ4n) is 1.13. The number of benzene rings is 1. The molecule has 0 fully saturated rings. The van der Waals surface area contributed by atoms with E-state index in [1.807, 2.05) is 0 Å². The molecule has 76 valence electrons. The molecule has 0 aliphatic heterocycles. The summed E-state index contributed by atoms with van der Waals surface area (Å²) in [5.74, 6) is -0.512. The number of nitrogens with one attached hydrogen (secondary N) is 1. The standard InChI is InChI=1S/C10H7FN2OS/c11-8-2-1-3-9(7(8)6-14)15-10-12-4-5-13-10/h1-6H,(H,12,13). The van der Waals surface area contributed by atoms with Crippen LogP contribution in [0.1, 0.15) is 10.4 Å². The number of aromatic nitrogens is 2. The zero-order valence-corrected chi connectivity index (χ0v) is 8.42. The SMILES string of the molecule is O=Cc1c(F)cccc1Sc1ncc[nH]1. The molecule has 5 heteroatoms. The minimum absolute atomic E-state index is 0.0684. The fraction of sp³-hybridized carbons (Fsp3) is 0. The van der Waals surface area contributed by atoms with Gasteiger partial charge in [-0.3, -0.25) is 4.79 Å². The average molecular weight is 222 g/mol. The van der Waals surface area contributed by atoms with E-state index in [0.29, 0.717) is 16.3 Å². The minimum Gasteiger partial charge on any atom is -0.339 e. The van der Waals surface area contributed by atoms with Crippen molar-refractivity contribution in [2.75, 3.05) is 0 Å². The summed E-state index contributed by atoms with van der Waals surface area (Å²) in [7, 11) is 0. The number of halogens is 1. The highest BCUT2D eigenvalue weighted by Gasteiger charge is 2.09. The Morgan fingerprint density at radius 3 is 3.00 bits per heavy atom. The van der Waals surface area contributed by atoms with Crippen LogP contribution in [-0.2, 0) is 0 Å². The van der Waals surface area contributed by atoms with Gasteiger partial charge in [-0.25, -0.2) is 9.37 Å². The second-order valence-electron chi connectivity index (χ2n) is 2.77. The molecule has 0 spiro atoms. The van der Waals surface area contributed by atoms with Crippen LogP contribution in [0.15, 0.2) is 40.6 Å². The predicted molar refractivity (Wildman–Crippen MR) is 54.5 cm³/mol. The van der Waals surface area contributed by atoms with E-state index < -0.39 is 5.82 Å². The van der Waals surface area contributed by atoms with Crippen molar-refractivity contribution in [3.8, 4) is 0 Å². The summed E-state index contributed by atoms with van der Waals surface area (Å²) in [6.45, 7) is 0. The van der Waals surface area contributed by atoms with Crippen molar-refractivity contribution in [2.45, 2.75) is 10.1 Å². The first-order valence-corrected chi connectivity index (χ1v) is 5.04. The highest BCUT2D eigenvalue weighted by atomic mass is 32.2. The molecule has 0 radical (unpaired) electrons. The number of aldehydes is 1. The third-order valence-electron chi connectivity index (χ3n) is 1.81. The Labute approximate surface area is 89.7 Å². The summed E-state index contributed by atoms with van der Waals surface area (Å²) < 4.78 is 13.2. The second kappa shape index (κ2) is 4.27. The lowest BCUT2D eigenvalue weighted by atomic mass is 10.2. The lowest BCUT2D eigenvalue weighted by molar-refractivity contribution is 0.111. The Morgan fingerprint density at radius 1 is 1.47 bits per heavy atom.